The summed E-state index contributed by atoms with van der Waals surface area (Å²) in [6, 6.07) is 12.2. The maximum absolute atomic E-state index is 12.5. The molecule has 1 aromatic heterocycles. The first kappa shape index (κ1) is 12.8. The van der Waals surface area contributed by atoms with Gasteiger partial charge in [-0.2, -0.15) is 0 Å². The second-order valence-corrected chi connectivity index (χ2v) is 6.07. The van der Waals surface area contributed by atoms with Crippen LogP contribution >= 0.6 is 0 Å². The number of hydrogen-bond donors (Lipinski definition) is 0. The highest BCUT2D eigenvalue weighted by molar-refractivity contribution is 5.88. The number of fused-ring (bicyclic) bond motifs is 3. The summed E-state index contributed by atoms with van der Waals surface area (Å²) < 4.78 is 5.54. The van der Waals surface area contributed by atoms with Crippen molar-refractivity contribution in [3.63, 3.8) is 0 Å². The minimum Gasteiger partial charge on any atom is -0.464 e. The molecule has 3 aliphatic rings. The lowest BCUT2D eigenvalue weighted by atomic mass is 9.79. The molecular formula is C18H19NO2. The highest BCUT2D eigenvalue weighted by atomic mass is 16.3. The van der Waals surface area contributed by atoms with Gasteiger partial charge in [0.05, 0.1) is 12.3 Å². The fraction of sp³-hybridized carbons (Fsp3) is 0.389. The SMILES string of the molecule is O=C1C2CCN(CC2)C1Cc1ccccc1-c1ccco1. The molecule has 3 saturated heterocycles. The average Bonchev–Trinajstić information content (AvgIpc) is 3.06. The Kier molecular flexibility index (Phi) is 3.15. The molecule has 3 aliphatic heterocycles. The molecule has 1 atom stereocenters. The van der Waals surface area contributed by atoms with E-state index in [-0.39, 0.29) is 6.04 Å². The van der Waals surface area contributed by atoms with E-state index in [2.05, 4.69) is 17.0 Å². The summed E-state index contributed by atoms with van der Waals surface area (Å²) in [5.74, 6) is 1.63. The second-order valence-electron chi connectivity index (χ2n) is 6.07. The van der Waals surface area contributed by atoms with Crippen molar-refractivity contribution in [2.45, 2.75) is 25.3 Å². The van der Waals surface area contributed by atoms with E-state index in [1.807, 2.05) is 24.3 Å². The van der Waals surface area contributed by atoms with Crippen LogP contribution in [0.1, 0.15) is 18.4 Å². The number of rotatable bonds is 3. The number of hydrogen-bond acceptors (Lipinski definition) is 3. The molecule has 5 rings (SSSR count). The predicted molar refractivity (Wildman–Crippen MR) is 80.9 cm³/mol. The highest BCUT2D eigenvalue weighted by Gasteiger charge is 2.40. The number of benzene rings is 1. The zero-order valence-electron chi connectivity index (χ0n) is 12.0. The predicted octanol–water partition coefficient (Wildman–Crippen LogP) is 3.15. The maximum atomic E-state index is 12.5. The Morgan fingerprint density at radius 1 is 1.10 bits per heavy atom. The van der Waals surface area contributed by atoms with Crippen molar-refractivity contribution < 1.29 is 9.21 Å². The summed E-state index contributed by atoms with van der Waals surface area (Å²) in [5, 5.41) is 0. The van der Waals surface area contributed by atoms with E-state index < -0.39 is 0 Å². The molecule has 0 spiro atoms. The van der Waals surface area contributed by atoms with Crippen LogP contribution in [0.15, 0.2) is 47.1 Å². The molecule has 0 N–H and O–H groups in total. The molecule has 0 saturated carbocycles. The Balaban J connectivity index is 1.65. The molecule has 3 nitrogen and oxygen atoms in total. The van der Waals surface area contributed by atoms with Crippen LogP contribution in [0.5, 0.6) is 0 Å². The molecule has 0 aliphatic carbocycles. The van der Waals surface area contributed by atoms with Crippen LogP contribution in [0, 0.1) is 5.92 Å². The topological polar surface area (TPSA) is 33.5 Å². The summed E-state index contributed by atoms with van der Waals surface area (Å²) in [4.78, 5) is 14.9. The molecule has 2 aromatic rings. The van der Waals surface area contributed by atoms with E-state index in [1.165, 1.54) is 5.56 Å². The van der Waals surface area contributed by atoms with Crippen molar-refractivity contribution in [2.75, 3.05) is 13.1 Å². The first-order valence-electron chi connectivity index (χ1n) is 7.72. The van der Waals surface area contributed by atoms with Gasteiger partial charge in [-0.15, -0.1) is 0 Å². The van der Waals surface area contributed by atoms with Crippen LogP contribution in [-0.4, -0.2) is 29.8 Å². The van der Waals surface area contributed by atoms with Crippen molar-refractivity contribution >= 4 is 5.78 Å². The van der Waals surface area contributed by atoms with Crippen LogP contribution in [0.3, 0.4) is 0 Å². The Bertz CT molecular complexity index is 639. The van der Waals surface area contributed by atoms with E-state index >= 15 is 0 Å². The lowest BCUT2D eigenvalue weighted by Crippen LogP contribution is -2.56. The molecule has 2 bridgehead atoms. The molecule has 108 valence electrons. The van der Waals surface area contributed by atoms with Gasteiger partial charge in [-0.1, -0.05) is 24.3 Å². The van der Waals surface area contributed by atoms with E-state index in [1.54, 1.807) is 6.26 Å². The smallest absolute Gasteiger partial charge is 0.153 e. The largest absolute Gasteiger partial charge is 0.464 e. The van der Waals surface area contributed by atoms with Crippen molar-refractivity contribution in [1.82, 2.24) is 4.90 Å². The summed E-state index contributed by atoms with van der Waals surface area (Å²) in [7, 11) is 0. The third-order valence-corrected chi connectivity index (χ3v) is 4.92. The number of furan rings is 1. The van der Waals surface area contributed by atoms with E-state index in [0.717, 1.165) is 43.7 Å². The molecule has 3 heteroatoms. The third kappa shape index (κ3) is 2.22. The normalized spacial score (nSPS) is 28.0. The monoisotopic (exact) mass is 281 g/mol. The number of ketones is 1. The van der Waals surface area contributed by atoms with Crippen molar-refractivity contribution in [1.29, 1.82) is 0 Å². The van der Waals surface area contributed by atoms with Crippen LogP contribution in [-0.2, 0) is 11.2 Å². The molecule has 0 radical (unpaired) electrons. The van der Waals surface area contributed by atoms with Gasteiger partial charge in [0, 0.05) is 11.5 Å². The van der Waals surface area contributed by atoms with Crippen LogP contribution in [0.4, 0.5) is 0 Å². The van der Waals surface area contributed by atoms with Gasteiger partial charge in [0.25, 0.3) is 0 Å². The van der Waals surface area contributed by atoms with Crippen molar-refractivity contribution in [2.24, 2.45) is 5.92 Å². The first-order valence-corrected chi connectivity index (χ1v) is 7.72. The quantitative estimate of drug-likeness (QED) is 0.866. The van der Waals surface area contributed by atoms with E-state index in [4.69, 9.17) is 4.42 Å². The summed E-state index contributed by atoms with van der Waals surface area (Å²) in [6.07, 6.45) is 4.60. The minimum absolute atomic E-state index is 0.0635. The van der Waals surface area contributed by atoms with Crippen molar-refractivity contribution in [3.8, 4) is 11.3 Å². The maximum Gasteiger partial charge on any atom is 0.153 e. The summed E-state index contributed by atoms with van der Waals surface area (Å²) in [6.45, 7) is 2.15. The number of carbonyl (C=O) groups excluding carboxylic acids is 1. The van der Waals surface area contributed by atoms with Gasteiger partial charge in [-0.3, -0.25) is 9.69 Å². The Morgan fingerprint density at radius 2 is 1.90 bits per heavy atom. The Labute approximate surface area is 124 Å². The first-order chi connectivity index (χ1) is 10.3. The summed E-state index contributed by atoms with van der Waals surface area (Å²) >= 11 is 0. The van der Waals surface area contributed by atoms with E-state index in [0.29, 0.717) is 11.7 Å². The van der Waals surface area contributed by atoms with Gasteiger partial charge in [-0.25, -0.2) is 0 Å². The number of nitrogens with zero attached hydrogens (tertiary/aromatic N) is 1. The minimum atomic E-state index is 0.0635. The molecule has 21 heavy (non-hydrogen) atoms. The standard InChI is InChI=1S/C18H19NO2/c20-18-13-7-9-19(10-8-13)16(18)12-14-4-1-2-5-15(14)17-6-3-11-21-17/h1-6,11,13,16H,7-10,12H2. The van der Waals surface area contributed by atoms with Crippen LogP contribution < -0.4 is 0 Å². The molecule has 1 aromatic carbocycles. The van der Waals surface area contributed by atoms with Gasteiger partial charge < -0.3 is 4.42 Å². The fourth-order valence-corrected chi connectivity index (χ4v) is 3.76. The zero-order chi connectivity index (χ0) is 14.2. The number of piperidine rings is 3. The lowest BCUT2D eigenvalue weighted by molar-refractivity contribution is -0.136. The Hall–Kier alpha value is -1.87. The third-order valence-electron chi connectivity index (χ3n) is 4.92. The fourth-order valence-electron chi connectivity index (χ4n) is 3.76. The van der Waals surface area contributed by atoms with Crippen LogP contribution in [0.25, 0.3) is 11.3 Å². The van der Waals surface area contributed by atoms with Gasteiger partial charge in [0.2, 0.25) is 0 Å². The summed E-state index contributed by atoms with van der Waals surface area (Å²) in [5.41, 5.74) is 2.32. The number of Topliss-reactive ketones (excluding diaryl/α,β-unsaturated/α-hetero) is 1. The molecule has 1 unspecified atom stereocenters. The van der Waals surface area contributed by atoms with Gasteiger partial charge in [0.1, 0.15) is 5.76 Å². The average molecular weight is 281 g/mol. The van der Waals surface area contributed by atoms with Crippen molar-refractivity contribution in [3.05, 3.63) is 48.2 Å². The van der Waals surface area contributed by atoms with E-state index in [9.17, 15) is 4.79 Å². The zero-order valence-corrected chi connectivity index (χ0v) is 12.0. The highest BCUT2D eigenvalue weighted by Crippen LogP contribution is 2.33. The lowest BCUT2D eigenvalue weighted by Gasteiger charge is -2.44. The second kappa shape index (κ2) is 5.15. The molecule has 4 heterocycles. The van der Waals surface area contributed by atoms with Gasteiger partial charge in [-0.05, 0) is 50.0 Å². The van der Waals surface area contributed by atoms with Gasteiger partial charge >= 0.3 is 0 Å². The van der Waals surface area contributed by atoms with Gasteiger partial charge in [0.15, 0.2) is 5.78 Å². The Morgan fingerprint density at radius 3 is 2.62 bits per heavy atom. The molecule has 3 fully saturated rings. The molecule has 0 amide bonds. The number of carbonyl (C=O) groups is 1. The van der Waals surface area contributed by atoms with Crippen LogP contribution in [0.2, 0.25) is 0 Å². The molecular weight excluding hydrogens is 262 g/mol.